The maximum atomic E-state index is 13.1. The predicted molar refractivity (Wildman–Crippen MR) is 112 cm³/mol. The molecule has 0 aliphatic carbocycles. The zero-order valence-corrected chi connectivity index (χ0v) is 17.9. The van der Waals surface area contributed by atoms with Crippen LogP contribution >= 0.6 is 11.6 Å². The maximum Gasteiger partial charge on any atom is 0.338 e. The topological polar surface area (TPSA) is 68.2 Å². The first-order valence-electron chi connectivity index (χ1n) is 10.1. The summed E-state index contributed by atoms with van der Waals surface area (Å²) >= 11 is 6.53. The summed E-state index contributed by atoms with van der Waals surface area (Å²) in [6.45, 7) is 7.44. The van der Waals surface area contributed by atoms with Crippen molar-refractivity contribution in [3.8, 4) is 0 Å². The molecule has 2 aliphatic heterocycles. The Labute approximate surface area is 176 Å². The number of benzene rings is 1. The van der Waals surface area contributed by atoms with Crippen molar-refractivity contribution < 1.29 is 19.1 Å². The number of carbonyl (C=O) groups is 2. The van der Waals surface area contributed by atoms with Crippen LogP contribution in [-0.2, 0) is 19.1 Å². The number of nitrogens with zero attached hydrogens (tertiary/aromatic N) is 2. The summed E-state index contributed by atoms with van der Waals surface area (Å²) in [5.41, 5.74) is 1.69. The third-order valence-corrected chi connectivity index (χ3v) is 5.64. The van der Waals surface area contributed by atoms with E-state index in [1.165, 1.54) is 0 Å². The molecule has 2 unspecified atom stereocenters. The lowest BCUT2D eigenvalue weighted by Gasteiger charge is -2.35. The van der Waals surface area contributed by atoms with Gasteiger partial charge >= 0.3 is 11.9 Å². The molecule has 0 bridgehead atoms. The van der Waals surface area contributed by atoms with Gasteiger partial charge in [0.1, 0.15) is 11.7 Å². The molecule has 0 spiro atoms. The quantitative estimate of drug-likeness (QED) is 0.654. The number of hydrogen-bond acceptors (Lipinski definition) is 6. The van der Waals surface area contributed by atoms with Gasteiger partial charge < -0.3 is 14.4 Å². The fourth-order valence-electron chi connectivity index (χ4n) is 4.04. The second-order valence-electron chi connectivity index (χ2n) is 7.13. The number of halogens is 1. The SMILES string of the molecule is CCOC(=O)C1=C(N2CCCC2)N=C(C)C(C(=O)OCC)C1c1ccccc1Cl. The molecule has 3 rings (SSSR count). The molecule has 0 N–H and O–H groups in total. The van der Waals surface area contributed by atoms with Crippen LogP contribution in [0.2, 0.25) is 5.02 Å². The number of rotatable bonds is 6. The third-order valence-electron chi connectivity index (χ3n) is 5.30. The summed E-state index contributed by atoms with van der Waals surface area (Å²) in [6, 6.07) is 7.28. The Kier molecular flexibility index (Phi) is 6.96. The van der Waals surface area contributed by atoms with Gasteiger partial charge in [0.25, 0.3) is 0 Å². The molecule has 2 heterocycles. The Hall–Kier alpha value is -2.34. The van der Waals surface area contributed by atoms with E-state index in [4.69, 9.17) is 26.1 Å². The lowest BCUT2D eigenvalue weighted by Crippen LogP contribution is -2.39. The van der Waals surface area contributed by atoms with Gasteiger partial charge in [0.15, 0.2) is 0 Å². The standard InChI is InChI=1S/C22H27ClN2O4/c1-4-28-21(26)17-14(3)24-20(25-12-8-9-13-25)19(22(27)29-5-2)18(17)15-10-6-7-11-16(15)23/h6-7,10-11,17-18H,4-5,8-9,12-13H2,1-3H3. The lowest BCUT2D eigenvalue weighted by atomic mass is 9.76. The molecule has 1 aromatic carbocycles. The molecule has 29 heavy (non-hydrogen) atoms. The first-order chi connectivity index (χ1) is 14.0. The zero-order chi connectivity index (χ0) is 21.0. The number of likely N-dealkylation sites (tertiary alicyclic amines) is 1. The van der Waals surface area contributed by atoms with E-state index in [9.17, 15) is 9.59 Å². The van der Waals surface area contributed by atoms with E-state index >= 15 is 0 Å². The Morgan fingerprint density at radius 3 is 2.41 bits per heavy atom. The summed E-state index contributed by atoms with van der Waals surface area (Å²) in [5, 5.41) is 0.490. The smallest absolute Gasteiger partial charge is 0.338 e. The van der Waals surface area contributed by atoms with E-state index < -0.39 is 23.8 Å². The highest BCUT2D eigenvalue weighted by molar-refractivity contribution is 6.31. The van der Waals surface area contributed by atoms with Crippen LogP contribution in [-0.4, -0.2) is 48.9 Å². The van der Waals surface area contributed by atoms with Crippen LogP contribution in [0, 0.1) is 5.92 Å². The largest absolute Gasteiger partial charge is 0.465 e. The highest BCUT2D eigenvalue weighted by atomic mass is 35.5. The zero-order valence-electron chi connectivity index (χ0n) is 17.1. The predicted octanol–water partition coefficient (Wildman–Crippen LogP) is 3.95. The summed E-state index contributed by atoms with van der Waals surface area (Å²) in [5.74, 6) is -1.65. The minimum atomic E-state index is -0.736. The van der Waals surface area contributed by atoms with Crippen LogP contribution in [0.3, 0.4) is 0 Å². The van der Waals surface area contributed by atoms with Crippen molar-refractivity contribution in [2.24, 2.45) is 10.9 Å². The van der Waals surface area contributed by atoms with Crippen molar-refractivity contribution in [3.63, 3.8) is 0 Å². The van der Waals surface area contributed by atoms with Crippen molar-refractivity contribution >= 4 is 29.3 Å². The molecule has 0 radical (unpaired) electrons. The molecule has 6 nitrogen and oxygen atoms in total. The Morgan fingerprint density at radius 1 is 1.14 bits per heavy atom. The molecule has 0 aromatic heterocycles. The fourth-order valence-corrected chi connectivity index (χ4v) is 4.30. The van der Waals surface area contributed by atoms with Gasteiger partial charge in [-0.25, -0.2) is 9.79 Å². The normalized spacial score (nSPS) is 21.8. The van der Waals surface area contributed by atoms with E-state index in [2.05, 4.69) is 4.90 Å². The van der Waals surface area contributed by atoms with E-state index in [0.717, 1.165) is 25.9 Å². The minimum Gasteiger partial charge on any atom is -0.465 e. The highest BCUT2D eigenvalue weighted by Gasteiger charge is 2.45. The highest BCUT2D eigenvalue weighted by Crippen LogP contribution is 2.43. The second-order valence-corrected chi connectivity index (χ2v) is 7.54. The van der Waals surface area contributed by atoms with Crippen molar-refractivity contribution in [3.05, 3.63) is 46.2 Å². The Morgan fingerprint density at radius 2 is 1.79 bits per heavy atom. The fraction of sp³-hybridized carbons (Fsp3) is 0.500. The average molecular weight is 419 g/mol. The summed E-state index contributed by atoms with van der Waals surface area (Å²) < 4.78 is 10.7. The summed E-state index contributed by atoms with van der Waals surface area (Å²) in [7, 11) is 0. The van der Waals surface area contributed by atoms with Crippen LogP contribution in [0.15, 0.2) is 40.7 Å². The first kappa shape index (κ1) is 21.4. The van der Waals surface area contributed by atoms with Crippen LogP contribution in [0.1, 0.15) is 45.1 Å². The number of carbonyl (C=O) groups excluding carboxylic acids is 2. The molecule has 156 valence electrons. The van der Waals surface area contributed by atoms with E-state index in [1.807, 2.05) is 25.1 Å². The van der Waals surface area contributed by atoms with Gasteiger partial charge in [0, 0.05) is 29.7 Å². The van der Waals surface area contributed by atoms with Crippen molar-refractivity contribution in [1.29, 1.82) is 0 Å². The minimum absolute atomic E-state index is 0.234. The third kappa shape index (κ3) is 4.32. The molecular formula is C22H27ClN2O4. The molecule has 2 aliphatic rings. The van der Waals surface area contributed by atoms with Gasteiger partial charge in [-0.15, -0.1) is 0 Å². The van der Waals surface area contributed by atoms with Gasteiger partial charge in [-0.3, -0.25) is 4.79 Å². The Bertz CT molecular complexity index is 843. The molecule has 0 amide bonds. The number of aliphatic imine (C=N–C) groups is 1. The van der Waals surface area contributed by atoms with Crippen LogP contribution in [0.5, 0.6) is 0 Å². The van der Waals surface area contributed by atoms with Gasteiger partial charge in [-0.1, -0.05) is 29.8 Å². The molecule has 1 saturated heterocycles. The van der Waals surface area contributed by atoms with Gasteiger partial charge in [-0.2, -0.15) is 0 Å². The molecule has 0 saturated carbocycles. The van der Waals surface area contributed by atoms with Crippen molar-refractivity contribution in [1.82, 2.24) is 4.90 Å². The maximum absolute atomic E-state index is 13.1. The van der Waals surface area contributed by atoms with Gasteiger partial charge in [0.2, 0.25) is 0 Å². The van der Waals surface area contributed by atoms with Gasteiger partial charge in [-0.05, 0) is 45.2 Å². The van der Waals surface area contributed by atoms with Crippen LogP contribution in [0.25, 0.3) is 0 Å². The Balaban J connectivity index is 2.23. The number of esters is 2. The second kappa shape index (κ2) is 9.44. The molecule has 1 fully saturated rings. The monoisotopic (exact) mass is 418 g/mol. The lowest BCUT2D eigenvalue weighted by molar-refractivity contribution is -0.146. The summed E-state index contributed by atoms with van der Waals surface area (Å²) in [6.07, 6.45) is 2.07. The van der Waals surface area contributed by atoms with E-state index in [1.54, 1.807) is 19.9 Å². The van der Waals surface area contributed by atoms with Crippen LogP contribution in [0.4, 0.5) is 0 Å². The molecule has 2 atom stereocenters. The van der Waals surface area contributed by atoms with E-state index in [-0.39, 0.29) is 13.2 Å². The first-order valence-corrected chi connectivity index (χ1v) is 10.5. The van der Waals surface area contributed by atoms with E-state index in [0.29, 0.717) is 27.7 Å². The van der Waals surface area contributed by atoms with Crippen molar-refractivity contribution in [2.75, 3.05) is 26.3 Å². The average Bonchev–Trinajstić information content (AvgIpc) is 3.22. The number of hydrogen-bond donors (Lipinski definition) is 0. The molecular weight excluding hydrogens is 392 g/mol. The molecule has 1 aromatic rings. The molecule has 7 heteroatoms. The van der Waals surface area contributed by atoms with Gasteiger partial charge in [0.05, 0.1) is 18.8 Å². The number of ether oxygens (including phenoxy) is 2. The van der Waals surface area contributed by atoms with Crippen LogP contribution < -0.4 is 0 Å². The van der Waals surface area contributed by atoms with Crippen molar-refractivity contribution in [2.45, 2.75) is 39.5 Å². The summed E-state index contributed by atoms with van der Waals surface area (Å²) in [4.78, 5) is 32.9.